The summed E-state index contributed by atoms with van der Waals surface area (Å²) in [5.41, 5.74) is 6.24. The Bertz CT molecular complexity index is 484. The van der Waals surface area contributed by atoms with Crippen molar-refractivity contribution in [2.75, 3.05) is 13.1 Å². The second-order valence-corrected chi connectivity index (χ2v) is 6.48. The molecule has 0 aromatic heterocycles. The first kappa shape index (κ1) is 15.1. The van der Waals surface area contributed by atoms with Crippen LogP contribution in [-0.4, -0.2) is 31.9 Å². The summed E-state index contributed by atoms with van der Waals surface area (Å²) >= 11 is 0. The lowest BCUT2D eigenvalue weighted by Gasteiger charge is -2.26. The van der Waals surface area contributed by atoms with Crippen LogP contribution in [0.15, 0.2) is 29.2 Å². The minimum atomic E-state index is -3.43. The molecule has 0 bridgehead atoms. The number of sulfonamides is 1. The maximum Gasteiger partial charge on any atom is 0.243 e. The summed E-state index contributed by atoms with van der Waals surface area (Å²) in [7, 11) is -3.43. The average molecular weight is 270 g/mol. The van der Waals surface area contributed by atoms with Crippen LogP contribution in [0.4, 0.5) is 0 Å². The summed E-state index contributed by atoms with van der Waals surface area (Å²) in [5.74, 6) is 0. The summed E-state index contributed by atoms with van der Waals surface area (Å²) in [6.45, 7) is 6.53. The van der Waals surface area contributed by atoms with E-state index in [-0.39, 0.29) is 6.04 Å². The number of rotatable bonds is 6. The number of hydrogen-bond acceptors (Lipinski definition) is 3. The molecule has 0 saturated carbocycles. The van der Waals surface area contributed by atoms with E-state index in [1.165, 1.54) is 4.31 Å². The van der Waals surface area contributed by atoms with Crippen LogP contribution in [0.5, 0.6) is 0 Å². The van der Waals surface area contributed by atoms with Crippen LogP contribution in [0.1, 0.15) is 25.8 Å². The normalized spacial score (nSPS) is 12.3. The fraction of sp³-hybridized carbons (Fsp3) is 0.538. The number of aryl methyl sites for hydroxylation is 1. The molecule has 0 saturated heterocycles. The first-order valence-corrected chi connectivity index (χ1v) is 7.62. The van der Waals surface area contributed by atoms with Gasteiger partial charge in [-0.05, 0) is 45.4 Å². The van der Waals surface area contributed by atoms with E-state index in [4.69, 9.17) is 5.73 Å². The first-order valence-electron chi connectivity index (χ1n) is 6.18. The minimum absolute atomic E-state index is 0.0684. The monoisotopic (exact) mass is 270 g/mol. The van der Waals surface area contributed by atoms with Gasteiger partial charge in [0.05, 0.1) is 4.90 Å². The minimum Gasteiger partial charge on any atom is -0.330 e. The molecule has 4 nitrogen and oxygen atoms in total. The Hall–Kier alpha value is -0.910. The summed E-state index contributed by atoms with van der Waals surface area (Å²) < 4.78 is 26.7. The van der Waals surface area contributed by atoms with Crippen LogP contribution in [0.3, 0.4) is 0 Å². The predicted octanol–water partition coefficient (Wildman–Crippen LogP) is 1.74. The third-order valence-corrected chi connectivity index (χ3v) is 5.07. The van der Waals surface area contributed by atoms with E-state index < -0.39 is 10.0 Å². The van der Waals surface area contributed by atoms with E-state index >= 15 is 0 Å². The van der Waals surface area contributed by atoms with Gasteiger partial charge in [0.15, 0.2) is 0 Å². The van der Waals surface area contributed by atoms with Gasteiger partial charge in [-0.1, -0.05) is 18.2 Å². The molecule has 0 amide bonds. The number of nitrogens with two attached hydrogens (primary N) is 1. The van der Waals surface area contributed by atoms with Gasteiger partial charge in [-0.25, -0.2) is 8.42 Å². The third-order valence-electron chi connectivity index (χ3n) is 2.84. The van der Waals surface area contributed by atoms with E-state index in [1.54, 1.807) is 12.1 Å². The molecule has 0 aliphatic rings. The van der Waals surface area contributed by atoms with Gasteiger partial charge >= 0.3 is 0 Å². The van der Waals surface area contributed by atoms with Crippen LogP contribution in [0, 0.1) is 6.92 Å². The number of nitrogens with zero attached hydrogens (tertiary/aromatic N) is 1. The average Bonchev–Trinajstić information content (AvgIpc) is 2.29. The van der Waals surface area contributed by atoms with Gasteiger partial charge in [-0.15, -0.1) is 0 Å². The van der Waals surface area contributed by atoms with E-state index in [9.17, 15) is 8.42 Å². The lowest BCUT2D eigenvalue weighted by molar-refractivity contribution is 0.351. The highest BCUT2D eigenvalue weighted by Crippen LogP contribution is 2.21. The molecule has 5 heteroatoms. The summed E-state index contributed by atoms with van der Waals surface area (Å²) in [6, 6.07) is 6.99. The Morgan fingerprint density at radius 3 is 2.39 bits per heavy atom. The fourth-order valence-corrected chi connectivity index (χ4v) is 3.78. The van der Waals surface area contributed by atoms with Crippen LogP contribution in [0.2, 0.25) is 0 Å². The highest BCUT2D eigenvalue weighted by molar-refractivity contribution is 7.89. The first-order chi connectivity index (χ1) is 8.41. The Labute approximate surface area is 110 Å². The molecule has 1 aromatic rings. The van der Waals surface area contributed by atoms with Crippen molar-refractivity contribution in [1.29, 1.82) is 0 Å². The van der Waals surface area contributed by atoms with Crippen LogP contribution >= 0.6 is 0 Å². The molecule has 1 aromatic carbocycles. The van der Waals surface area contributed by atoms with Gasteiger partial charge in [-0.2, -0.15) is 4.31 Å². The summed E-state index contributed by atoms with van der Waals surface area (Å²) in [6.07, 6.45) is 0.670. The summed E-state index contributed by atoms with van der Waals surface area (Å²) in [5, 5.41) is 0. The topological polar surface area (TPSA) is 63.4 Å². The second-order valence-electron chi connectivity index (χ2n) is 4.62. The SMILES string of the molecule is Cc1ccccc1S(=O)(=O)N(CCCN)C(C)C. The Morgan fingerprint density at radius 1 is 1.28 bits per heavy atom. The highest BCUT2D eigenvalue weighted by atomic mass is 32.2. The van der Waals surface area contributed by atoms with E-state index in [0.717, 1.165) is 5.56 Å². The smallest absolute Gasteiger partial charge is 0.243 e. The van der Waals surface area contributed by atoms with Gasteiger partial charge in [0, 0.05) is 12.6 Å². The van der Waals surface area contributed by atoms with Crippen molar-refractivity contribution in [3.8, 4) is 0 Å². The number of benzene rings is 1. The van der Waals surface area contributed by atoms with Gasteiger partial charge in [0.2, 0.25) is 10.0 Å². The predicted molar refractivity (Wildman–Crippen MR) is 73.9 cm³/mol. The van der Waals surface area contributed by atoms with Crippen molar-refractivity contribution in [3.63, 3.8) is 0 Å². The van der Waals surface area contributed by atoms with Crippen molar-refractivity contribution in [2.45, 2.75) is 38.1 Å². The molecule has 0 atom stereocenters. The standard InChI is InChI=1S/C13H22N2O2S/c1-11(2)15(10-6-9-14)18(16,17)13-8-5-4-7-12(13)3/h4-5,7-8,11H,6,9-10,14H2,1-3H3. The molecule has 0 aliphatic heterocycles. The molecule has 102 valence electrons. The van der Waals surface area contributed by atoms with Gasteiger partial charge in [-0.3, -0.25) is 0 Å². The lowest BCUT2D eigenvalue weighted by atomic mass is 10.2. The van der Waals surface area contributed by atoms with Crippen molar-refractivity contribution in [2.24, 2.45) is 5.73 Å². The van der Waals surface area contributed by atoms with Crippen LogP contribution in [0.25, 0.3) is 0 Å². The maximum atomic E-state index is 12.6. The molecule has 2 N–H and O–H groups in total. The van der Waals surface area contributed by atoms with Gasteiger partial charge < -0.3 is 5.73 Å². The Kier molecular flexibility index (Phi) is 5.31. The van der Waals surface area contributed by atoms with Crippen molar-refractivity contribution < 1.29 is 8.42 Å². The van der Waals surface area contributed by atoms with Crippen LogP contribution in [-0.2, 0) is 10.0 Å². The number of hydrogen-bond donors (Lipinski definition) is 1. The largest absolute Gasteiger partial charge is 0.330 e. The zero-order valence-corrected chi connectivity index (χ0v) is 12.1. The lowest BCUT2D eigenvalue weighted by Crippen LogP contribution is -2.38. The zero-order chi connectivity index (χ0) is 13.8. The van der Waals surface area contributed by atoms with Crippen molar-refractivity contribution in [1.82, 2.24) is 4.31 Å². The molecule has 0 fully saturated rings. The molecule has 1 rings (SSSR count). The quantitative estimate of drug-likeness (QED) is 0.856. The molecular weight excluding hydrogens is 248 g/mol. The summed E-state index contributed by atoms with van der Waals surface area (Å²) in [4.78, 5) is 0.385. The molecule has 0 spiro atoms. The Balaban J connectivity index is 3.14. The Morgan fingerprint density at radius 2 is 1.89 bits per heavy atom. The van der Waals surface area contributed by atoms with E-state index in [2.05, 4.69) is 0 Å². The van der Waals surface area contributed by atoms with Gasteiger partial charge in [0.25, 0.3) is 0 Å². The van der Waals surface area contributed by atoms with Crippen LogP contribution < -0.4 is 5.73 Å². The molecule has 0 unspecified atom stereocenters. The molecule has 0 radical (unpaired) electrons. The molecule has 0 heterocycles. The van der Waals surface area contributed by atoms with Crippen molar-refractivity contribution >= 4 is 10.0 Å². The maximum absolute atomic E-state index is 12.6. The third kappa shape index (κ3) is 3.31. The second kappa shape index (κ2) is 6.31. The molecule has 0 aliphatic carbocycles. The van der Waals surface area contributed by atoms with Gasteiger partial charge in [0.1, 0.15) is 0 Å². The zero-order valence-electron chi connectivity index (χ0n) is 11.3. The van der Waals surface area contributed by atoms with Crippen molar-refractivity contribution in [3.05, 3.63) is 29.8 Å². The highest BCUT2D eigenvalue weighted by Gasteiger charge is 2.27. The molecule has 18 heavy (non-hydrogen) atoms. The van der Waals surface area contributed by atoms with E-state index in [0.29, 0.717) is 24.4 Å². The fourth-order valence-electron chi connectivity index (χ4n) is 1.88. The molecular formula is C13H22N2O2S. The van der Waals surface area contributed by atoms with E-state index in [1.807, 2.05) is 32.9 Å².